The lowest BCUT2D eigenvalue weighted by atomic mass is 10.2. The highest BCUT2D eigenvalue weighted by atomic mass is 16.5. The van der Waals surface area contributed by atoms with E-state index in [-0.39, 0.29) is 12.8 Å². The third kappa shape index (κ3) is 7.11. The van der Waals surface area contributed by atoms with Crippen molar-refractivity contribution in [2.45, 2.75) is 25.9 Å². The van der Waals surface area contributed by atoms with E-state index in [0.29, 0.717) is 11.0 Å². The summed E-state index contributed by atoms with van der Waals surface area (Å²) in [6.07, 6.45) is 2.53. The number of aliphatic hydroxyl groups is 1. The van der Waals surface area contributed by atoms with Gasteiger partial charge in [0.05, 0.1) is 14.1 Å². The van der Waals surface area contributed by atoms with E-state index in [9.17, 15) is 9.90 Å². The molecule has 0 heterocycles. The Morgan fingerprint density at radius 1 is 1.60 bits per heavy atom. The fourth-order valence-corrected chi connectivity index (χ4v) is 1.35. The number of quaternary nitrogens is 1. The van der Waals surface area contributed by atoms with E-state index in [2.05, 4.69) is 6.58 Å². The minimum absolute atomic E-state index is 0.256. The summed E-state index contributed by atoms with van der Waals surface area (Å²) in [7, 11) is 3.82. The van der Waals surface area contributed by atoms with Crippen molar-refractivity contribution < 1.29 is 19.1 Å². The van der Waals surface area contributed by atoms with Gasteiger partial charge in [-0.3, -0.25) is 4.48 Å². The molecule has 0 aromatic heterocycles. The second-order valence-corrected chi connectivity index (χ2v) is 4.36. The van der Waals surface area contributed by atoms with Crippen LogP contribution in [0.1, 0.15) is 19.8 Å². The second-order valence-electron chi connectivity index (χ2n) is 4.36. The van der Waals surface area contributed by atoms with Crippen molar-refractivity contribution in [1.29, 1.82) is 0 Å². The van der Waals surface area contributed by atoms with E-state index >= 15 is 0 Å². The van der Waals surface area contributed by atoms with Crippen LogP contribution in [-0.4, -0.2) is 49.0 Å². The highest BCUT2D eigenvalue weighted by Gasteiger charge is 2.21. The molecule has 0 bridgehead atoms. The summed E-state index contributed by atoms with van der Waals surface area (Å²) in [4.78, 5) is 10.9. The molecule has 0 aromatic carbocycles. The summed E-state index contributed by atoms with van der Waals surface area (Å²) in [6.45, 7) is 6.19. The summed E-state index contributed by atoms with van der Waals surface area (Å²) in [5.74, 6) is -0.425. The van der Waals surface area contributed by atoms with Gasteiger partial charge in [-0.15, -0.1) is 0 Å². The Kier molecular flexibility index (Phi) is 6.20. The van der Waals surface area contributed by atoms with Crippen LogP contribution in [0.5, 0.6) is 0 Å². The molecule has 0 aromatic rings. The van der Waals surface area contributed by atoms with Crippen molar-refractivity contribution in [3.05, 3.63) is 12.7 Å². The normalized spacial score (nSPS) is 13.3. The van der Waals surface area contributed by atoms with Crippen LogP contribution in [-0.2, 0) is 9.53 Å². The Bertz CT molecular complexity index is 214. The molecule has 4 heteroatoms. The Morgan fingerprint density at radius 3 is 2.67 bits per heavy atom. The number of hydrogen-bond donors (Lipinski definition) is 1. The summed E-state index contributed by atoms with van der Waals surface area (Å²) < 4.78 is 5.40. The second kappa shape index (κ2) is 6.58. The first kappa shape index (κ1) is 14.1. The van der Waals surface area contributed by atoms with Gasteiger partial charge in [0.2, 0.25) is 6.73 Å². The minimum Gasteiger partial charge on any atom is -0.412 e. The number of hydrogen-bond acceptors (Lipinski definition) is 3. The van der Waals surface area contributed by atoms with Crippen LogP contribution in [0.25, 0.3) is 0 Å². The fraction of sp³-hybridized carbons (Fsp3) is 0.727. The quantitative estimate of drug-likeness (QED) is 0.298. The van der Waals surface area contributed by atoms with Crippen LogP contribution < -0.4 is 0 Å². The summed E-state index contributed by atoms with van der Waals surface area (Å²) in [5, 5.41) is 9.63. The molecule has 0 amide bonds. The van der Waals surface area contributed by atoms with Crippen molar-refractivity contribution in [2.24, 2.45) is 0 Å². The van der Waals surface area contributed by atoms with Gasteiger partial charge < -0.3 is 9.84 Å². The topological polar surface area (TPSA) is 46.5 Å². The molecule has 1 N–H and O–H groups in total. The molecule has 1 unspecified atom stereocenters. The van der Waals surface area contributed by atoms with Crippen molar-refractivity contribution in [1.82, 2.24) is 0 Å². The van der Waals surface area contributed by atoms with Gasteiger partial charge in [-0.05, 0) is 6.42 Å². The molecular weight excluding hydrogens is 194 g/mol. The number of nitrogens with zero attached hydrogens (tertiary/aromatic N) is 1. The number of aliphatic hydroxyl groups excluding tert-OH is 1. The average molecular weight is 216 g/mol. The molecule has 0 radical (unpaired) electrons. The predicted octanol–water partition coefficient (Wildman–Crippen LogP) is 0.910. The Labute approximate surface area is 91.7 Å². The van der Waals surface area contributed by atoms with E-state index in [1.807, 2.05) is 21.0 Å². The van der Waals surface area contributed by atoms with Gasteiger partial charge in [-0.1, -0.05) is 19.9 Å². The lowest BCUT2D eigenvalue weighted by molar-refractivity contribution is -0.910. The molecule has 0 saturated heterocycles. The minimum atomic E-state index is -0.425. The number of carbonyl (C=O) groups excluding carboxylic acids is 1. The molecule has 0 spiro atoms. The van der Waals surface area contributed by atoms with Gasteiger partial charge in [0.1, 0.15) is 12.6 Å². The van der Waals surface area contributed by atoms with Crippen LogP contribution in [0.4, 0.5) is 0 Å². The molecule has 1 atom stereocenters. The third-order valence-corrected chi connectivity index (χ3v) is 2.05. The number of rotatable bonds is 7. The molecule has 0 rings (SSSR count). The van der Waals surface area contributed by atoms with Crippen LogP contribution in [0.2, 0.25) is 0 Å². The van der Waals surface area contributed by atoms with E-state index in [1.54, 1.807) is 0 Å². The van der Waals surface area contributed by atoms with Crippen LogP contribution in [0, 0.1) is 0 Å². The highest BCUT2D eigenvalue weighted by Crippen LogP contribution is 2.05. The Hall–Kier alpha value is -0.870. The third-order valence-electron chi connectivity index (χ3n) is 2.05. The molecule has 0 aliphatic rings. The number of carbonyl (C=O) groups is 1. The average Bonchev–Trinajstić information content (AvgIpc) is 2.13. The van der Waals surface area contributed by atoms with E-state index < -0.39 is 5.97 Å². The molecule has 4 nitrogen and oxygen atoms in total. The maximum Gasteiger partial charge on any atom is 0.334 e. The van der Waals surface area contributed by atoms with Crippen LogP contribution >= 0.6 is 0 Å². The predicted molar refractivity (Wildman–Crippen MR) is 59.0 cm³/mol. The van der Waals surface area contributed by atoms with Gasteiger partial charge in [0.15, 0.2) is 0 Å². The van der Waals surface area contributed by atoms with Gasteiger partial charge in [0.25, 0.3) is 0 Å². The van der Waals surface area contributed by atoms with Crippen molar-refractivity contribution in [2.75, 3.05) is 27.4 Å². The zero-order valence-electron chi connectivity index (χ0n) is 9.90. The molecule has 0 aliphatic carbocycles. The first-order valence-corrected chi connectivity index (χ1v) is 5.20. The SMILES string of the molecule is C=CC(=O)OC[N+](C)(C)CC(O)CCC. The zero-order valence-corrected chi connectivity index (χ0v) is 9.90. The maximum atomic E-state index is 10.9. The fourth-order valence-electron chi connectivity index (χ4n) is 1.35. The summed E-state index contributed by atoms with van der Waals surface area (Å²) in [6, 6.07) is 0. The smallest absolute Gasteiger partial charge is 0.334 e. The molecule has 88 valence electrons. The first-order chi connectivity index (χ1) is 6.91. The monoisotopic (exact) mass is 216 g/mol. The molecule has 0 aliphatic heterocycles. The standard InChI is InChI=1S/C11H22NO3/c1-5-7-10(13)8-12(3,4)9-15-11(14)6-2/h6,10,13H,2,5,7-9H2,1,3-4H3/q+1. The largest absolute Gasteiger partial charge is 0.412 e. The van der Waals surface area contributed by atoms with Crippen molar-refractivity contribution >= 4 is 5.97 Å². The molecule has 0 saturated carbocycles. The summed E-state index contributed by atoms with van der Waals surface area (Å²) in [5.41, 5.74) is 0. The van der Waals surface area contributed by atoms with Gasteiger partial charge in [-0.25, -0.2) is 4.79 Å². The number of ether oxygens (including phenoxy) is 1. The van der Waals surface area contributed by atoms with Gasteiger partial charge >= 0.3 is 5.97 Å². The van der Waals surface area contributed by atoms with Crippen molar-refractivity contribution in [3.8, 4) is 0 Å². The van der Waals surface area contributed by atoms with E-state index in [4.69, 9.17) is 4.74 Å². The first-order valence-electron chi connectivity index (χ1n) is 5.20. The molecule has 0 fully saturated rings. The van der Waals surface area contributed by atoms with Crippen LogP contribution in [0.15, 0.2) is 12.7 Å². The lowest BCUT2D eigenvalue weighted by Crippen LogP contribution is -2.47. The van der Waals surface area contributed by atoms with Gasteiger partial charge in [-0.2, -0.15) is 0 Å². The van der Waals surface area contributed by atoms with Gasteiger partial charge in [0, 0.05) is 6.08 Å². The molecular formula is C11H22NO3+. The number of esters is 1. The number of likely N-dealkylation sites (N-methyl/N-ethyl adjacent to an activating group) is 1. The molecule has 15 heavy (non-hydrogen) atoms. The lowest BCUT2D eigenvalue weighted by Gasteiger charge is -2.30. The summed E-state index contributed by atoms with van der Waals surface area (Å²) >= 11 is 0. The Morgan fingerprint density at radius 2 is 2.20 bits per heavy atom. The maximum absolute atomic E-state index is 10.9. The van der Waals surface area contributed by atoms with E-state index in [0.717, 1.165) is 18.9 Å². The van der Waals surface area contributed by atoms with Crippen LogP contribution in [0.3, 0.4) is 0 Å². The highest BCUT2D eigenvalue weighted by molar-refractivity contribution is 5.81. The van der Waals surface area contributed by atoms with Crippen molar-refractivity contribution in [3.63, 3.8) is 0 Å². The van der Waals surface area contributed by atoms with E-state index in [1.165, 1.54) is 0 Å². The Balaban J connectivity index is 3.95. The zero-order chi connectivity index (χ0) is 11.9.